The molecule has 1 aromatic heterocycles. The molecule has 1 aliphatic rings. The van der Waals surface area contributed by atoms with Crippen molar-refractivity contribution in [2.75, 3.05) is 6.54 Å². The minimum atomic E-state index is -0.388. The SMILES string of the molecule is CCC1NC(=O)C(C(C)C)N(CCc2cccnc2)C1=O. The van der Waals surface area contributed by atoms with Gasteiger partial charge in [0, 0.05) is 18.9 Å². The average molecular weight is 289 g/mol. The predicted molar refractivity (Wildman–Crippen MR) is 80.5 cm³/mol. The van der Waals surface area contributed by atoms with Gasteiger partial charge in [-0.15, -0.1) is 0 Å². The van der Waals surface area contributed by atoms with E-state index in [2.05, 4.69) is 10.3 Å². The summed E-state index contributed by atoms with van der Waals surface area (Å²) in [5.74, 6) is 0.0861. The van der Waals surface area contributed by atoms with Gasteiger partial charge in [-0.05, 0) is 30.4 Å². The highest BCUT2D eigenvalue weighted by Crippen LogP contribution is 2.19. The molecule has 21 heavy (non-hydrogen) atoms. The normalized spacial score (nSPS) is 22.6. The lowest BCUT2D eigenvalue weighted by Gasteiger charge is -2.40. The van der Waals surface area contributed by atoms with Crippen molar-refractivity contribution in [3.8, 4) is 0 Å². The van der Waals surface area contributed by atoms with Crippen LogP contribution in [0.1, 0.15) is 32.8 Å². The number of nitrogens with one attached hydrogen (secondary N) is 1. The summed E-state index contributed by atoms with van der Waals surface area (Å²) in [7, 11) is 0. The molecule has 1 aromatic rings. The molecule has 2 heterocycles. The molecule has 2 atom stereocenters. The lowest BCUT2D eigenvalue weighted by Crippen LogP contribution is -2.64. The van der Waals surface area contributed by atoms with E-state index in [1.54, 1.807) is 17.3 Å². The molecule has 0 aromatic carbocycles. The van der Waals surface area contributed by atoms with Crippen LogP contribution in [0.3, 0.4) is 0 Å². The van der Waals surface area contributed by atoms with E-state index < -0.39 is 0 Å². The van der Waals surface area contributed by atoms with E-state index >= 15 is 0 Å². The zero-order valence-corrected chi connectivity index (χ0v) is 12.9. The number of pyridine rings is 1. The number of rotatable bonds is 5. The maximum Gasteiger partial charge on any atom is 0.245 e. The third-order valence-electron chi connectivity index (χ3n) is 3.91. The highest BCUT2D eigenvalue weighted by molar-refractivity contribution is 5.97. The summed E-state index contributed by atoms with van der Waals surface area (Å²) in [6.07, 6.45) is 4.87. The number of nitrogens with zero attached hydrogens (tertiary/aromatic N) is 2. The molecule has 0 radical (unpaired) electrons. The molecule has 5 heteroatoms. The zero-order valence-electron chi connectivity index (χ0n) is 12.9. The van der Waals surface area contributed by atoms with Crippen LogP contribution in [0.4, 0.5) is 0 Å². The standard InChI is InChI=1S/C16H23N3O2/c1-4-13-16(21)19(14(11(2)3)15(20)18-13)9-7-12-6-5-8-17-10-12/h5-6,8,10-11,13-14H,4,7,9H2,1-3H3,(H,18,20). The van der Waals surface area contributed by atoms with Gasteiger partial charge in [0.05, 0.1) is 0 Å². The van der Waals surface area contributed by atoms with Gasteiger partial charge in [0.1, 0.15) is 12.1 Å². The second-order valence-electron chi connectivity index (χ2n) is 5.80. The Bertz CT molecular complexity index is 502. The van der Waals surface area contributed by atoms with Gasteiger partial charge in [0.2, 0.25) is 11.8 Å². The largest absolute Gasteiger partial charge is 0.343 e. The number of aromatic nitrogens is 1. The molecule has 0 spiro atoms. The zero-order chi connectivity index (χ0) is 15.4. The summed E-state index contributed by atoms with van der Waals surface area (Å²) >= 11 is 0. The van der Waals surface area contributed by atoms with Gasteiger partial charge in [-0.25, -0.2) is 0 Å². The first-order chi connectivity index (χ1) is 10.0. The van der Waals surface area contributed by atoms with Gasteiger partial charge in [-0.3, -0.25) is 14.6 Å². The molecule has 5 nitrogen and oxygen atoms in total. The van der Waals surface area contributed by atoms with E-state index in [9.17, 15) is 9.59 Å². The van der Waals surface area contributed by atoms with E-state index in [4.69, 9.17) is 0 Å². The second kappa shape index (κ2) is 6.70. The Morgan fingerprint density at radius 1 is 1.38 bits per heavy atom. The van der Waals surface area contributed by atoms with Crippen LogP contribution >= 0.6 is 0 Å². The van der Waals surface area contributed by atoms with Crippen molar-refractivity contribution in [3.63, 3.8) is 0 Å². The van der Waals surface area contributed by atoms with Gasteiger partial charge < -0.3 is 10.2 Å². The fourth-order valence-corrected chi connectivity index (χ4v) is 2.78. The smallest absolute Gasteiger partial charge is 0.245 e. The summed E-state index contributed by atoms with van der Waals surface area (Å²) < 4.78 is 0. The Labute approximate surface area is 125 Å². The van der Waals surface area contributed by atoms with Gasteiger partial charge in [-0.2, -0.15) is 0 Å². The molecule has 2 rings (SSSR count). The highest BCUT2D eigenvalue weighted by atomic mass is 16.2. The first-order valence-electron chi connectivity index (χ1n) is 7.54. The van der Waals surface area contributed by atoms with Gasteiger partial charge in [0.15, 0.2) is 0 Å². The minimum Gasteiger partial charge on any atom is -0.343 e. The molecule has 0 saturated carbocycles. The van der Waals surface area contributed by atoms with Crippen LogP contribution in [0, 0.1) is 5.92 Å². The first kappa shape index (κ1) is 15.5. The van der Waals surface area contributed by atoms with Crippen LogP contribution in [0.2, 0.25) is 0 Å². The Hall–Kier alpha value is -1.91. The number of piperazine rings is 1. The molecule has 2 unspecified atom stereocenters. The maximum atomic E-state index is 12.5. The Morgan fingerprint density at radius 2 is 2.14 bits per heavy atom. The van der Waals surface area contributed by atoms with E-state index in [0.717, 1.165) is 5.56 Å². The van der Waals surface area contributed by atoms with Crippen molar-refractivity contribution >= 4 is 11.8 Å². The van der Waals surface area contributed by atoms with Crippen molar-refractivity contribution in [2.24, 2.45) is 5.92 Å². The van der Waals surface area contributed by atoms with Crippen LogP contribution in [0.5, 0.6) is 0 Å². The Kier molecular flexibility index (Phi) is 4.94. The van der Waals surface area contributed by atoms with E-state index in [1.807, 2.05) is 32.9 Å². The molecule has 1 fully saturated rings. The van der Waals surface area contributed by atoms with Crippen molar-refractivity contribution in [3.05, 3.63) is 30.1 Å². The van der Waals surface area contributed by atoms with Crippen LogP contribution in [-0.2, 0) is 16.0 Å². The van der Waals surface area contributed by atoms with Gasteiger partial charge in [-0.1, -0.05) is 26.8 Å². The van der Waals surface area contributed by atoms with E-state index in [-0.39, 0.29) is 29.8 Å². The summed E-state index contributed by atoms with van der Waals surface area (Å²) in [5.41, 5.74) is 1.08. The van der Waals surface area contributed by atoms with Crippen LogP contribution < -0.4 is 5.32 Å². The third-order valence-corrected chi connectivity index (χ3v) is 3.91. The van der Waals surface area contributed by atoms with Crippen LogP contribution in [-0.4, -0.2) is 40.3 Å². The first-order valence-corrected chi connectivity index (χ1v) is 7.54. The number of hydrogen-bond acceptors (Lipinski definition) is 3. The fourth-order valence-electron chi connectivity index (χ4n) is 2.78. The average Bonchev–Trinajstić information content (AvgIpc) is 2.48. The molecule has 0 aliphatic carbocycles. The second-order valence-corrected chi connectivity index (χ2v) is 5.80. The number of hydrogen-bond donors (Lipinski definition) is 1. The van der Waals surface area contributed by atoms with Crippen molar-refractivity contribution in [1.82, 2.24) is 15.2 Å². The van der Waals surface area contributed by atoms with Crippen LogP contribution in [0.25, 0.3) is 0 Å². The molecular weight excluding hydrogens is 266 g/mol. The molecule has 2 amide bonds. The summed E-state index contributed by atoms with van der Waals surface area (Å²) in [4.78, 5) is 30.6. The van der Waals surface area contributed by atoms with Crippen molar-refractivity contribution in [2.45, 2.75) is 45.7 Å². The molecule has 1 aliphatic heterocycles. The molecular formula is C16H23N3O2. The summed E-state index contributed by atoms with van der Waals surface area (Å²) in [5, 5.41) is 2.83. The third kappa shape index (κ3) is 3.40. The van der Waals surface area contributed by atoms with Crippen molar-refractivity contribution in [1.29, 1.82) is 0 Å². The van der Waals surface area contributed by atoms with Crippen LogP contribution in [0.15, 0.2) is 24.5 Å². The monoisotopic (exact) mass is 289 g/mol. The number of carbonyl (C=O) groups excluding carboxylic acids is 2. The van der Waals surface area contributed by atoms with Crippen molar-refractivity contribution < 1.29 is 9.59 Å². The molecule has 1 N–H and O–H groups in total. The topological polar surface area (TPSA) is 62.3 Å². The molecule has 0 bridgehead atoms. The number of carbonyl (C=O) groups is 2. The van der Waals surface area contributed by atoms with E-state index in [1.165, 1.54) is 0 Å². The molecule has 114 valence electrons. The Morgan fingerprint density at radius 3 is 2.71 bits per heavy atom. The molecule has 1 saturated heterocycles. The predicted octanol–water partition coefficient (Wildman–Crippen LogP) is 1.39. The lowest BCUT2D eigenvalue weighted by molar-refractivity contribution is -0.151. The lowest BCUT2D eigenvalue weighted by atomic mass is 9.95. The minimum absolute atomic E-state index is 0.0275. The summed E-state index contributed by atoms with van der Waals surface area (Å²) in [6.45, 7) is 6.41. The maximum absolute atomic E-state index is 12.5. The highest BCUT2D eigenvalue weighted by Gasteiger charge is 2.40. The Balaban J connectivity index is 2.14. The fraction of sp³-hybridized carbons (Fsp3) is 0.562. The van der Waals surface area contributed by atoms with E-state index in [0.29, 0.717) is 19.4 Å². The quantitative estimate of drug-likeness (QED) is 0.891. The van der Waals surface area contributed by atoms with Gasteiger partial charge in [0.25, 0.3) is 0 Å². The number of amides is 2. The van der Waals surface area contributed by atoms with Gasteiger partial charge >= 0.3 is 0 Å². The summed E-state index contributed by atoms with van der Waals surface area (Å²) in [6, 6.07) is 3.11.